The first kappa shape index (κ1) is 16.3. The van der Waals surface area contributed by atoms with Crippen molar-refractivity contribution >= 4 is 0 Å². The van der Waals surface area contributed by atoms with Gasteiger partial charge in [-0.2, -0.15) is 0 Å². The molecule has 1 heterocycles. The van der Waals surface area contributed by atoms with Crippen LogP contribution in [0.15, 0.2) is 0 Å². The summed E-state index contributed by atoms with van der Waals surface area (Å²) in [5.41, 5.74) is 6.04. The summed E-state index contributed by atoms with van der Waals surface area (Å²) in [4.78, 5) is 2.49. The van der Waals surface area contributed by atoms with E-state index < -0.39 is 5.60 Å². The molecule has 0 aromatic rings. The summed E-state index contributed by atoms with van der Waals surface area (Å²) in [6, 6.07) is 0. The average Bonchev–Trinajstić information content (AvgIpc) is 2.42. The summed E-state index contributed by atoms with van der Waals surface area (Å²) in [6.45, 7) is 10.8. The van der Waals surface area contributed by atoms with Crippen LogP contribution < -0.4 is 5.73 Å². The van der Waals surface area contributed by atoms with Gasteiger partial charge in [0.25, 0.3) is 0 Å². The molecule has 118 valence electrons. The van der Waals surface area contributed by atoms with Gasteiger partial charge in [-0.05, 0) is 56.9 Å². The zero-order valence-corrected chi connectivity index (χ0v) is 13.7. The standard InChI is InChI=1S/C17H34N2O/c1-4-11-19-12-9-17(20,10-13-19)16(14-18)7-5-15(2,3)6-8-16/h20H,4-14,18H2,1-3H3. The van der Waals surface area contributed by atoms with Gasteiger partial charge < -0.3 is 15.7 Å². The molecule has 1 aliphatic heterocycles. The molecule has 0 aromatic heterocycles. The molecule has 2 fully saturated rings. The maximum Gasteiger partial charge on any atom is 0.0740 e. The lowest BCUT2D eigenvalue weighted by Crippen LogP contribution is -2.59. The molecule has 1 aliphatic carbocycles. The Labute approximate surface area is 124 Å². The quantitative estimate of drug-likeness (QED) is 0.833. The van der Waals surface area contributed by atoms with Crippen molar-refractivity contribution < 1.29 is 5.11 Å². The normalized spacial score (nSPS) is 29.2. The zero-order chi connectivity index (χ0) is 14.9. The number of nitrogens with two attached hydrogens (primary N) is 1. The van der Waals surface area contributed by atoms with Crippen LogP contribution >= 0.6 is 0 Å². The van der Waals surface area contributed by atoms with Crippen LogP contribution in [0.1, 0.15) is 65.7 Å². The van der Waals surface area contributed by atoms with Crippen LogP contribution in [0.5, 0.6) is 0 Å². The lowest BCUT2D eigenvalue weighted by Gasteiger charge is -2.55. The highest BCUT2D eigenvalue weighted by Crippen LogP contribution is 2.52. The lowest BCUT2D eigenvalue weighted by molar-refractivity contribution is -0.141. The molecule has 1 saturated carbocycles. The molecule has 2 rings (SSSR count). The van der Waals surface area contributed by atoms with Gasteiger partial charge >= 0.3 is 0 Å². The van der Waals surface area contributed by atoms with E-state index in [1.807, 2.05) is 0 Å². The second-order valence-electron chi connectivity index (χ2n) is 8.02. The zero-order valence-electron chi connectivity index (χ0n) is 13.7. The van der Waals surface area contributed by atoms with Crippen LogP contribution in [0.4, 0.5) is 0 Å². The topological polar surface area (TPSA) is 49.5 Å². The van der Waals surface area contributed by atoms with Crippen molar-refractivity contribution in [2.24, 2.45) is 16.6 Å². The fraction of sp³-hybridized carbons (Fsp3) is 1.00. The highest BCUT2D eigenvalue weighted by molar-refractivity contribution is 5.05. The molecule has 3 heteroatoms. The average molecular weight is 282 g/mol. The van der Waals surface area contributed by atoms with Gasteiger partial charge in [-0.15, -0.1) is 0 Å². The van der Waals surface area contributed by atoms with E-state index in [-0.39, 0.29) is 5.41 Å². The van der Waals surface area contributed by atoms with Crippen LogP contribution in [0, 0.1) is 10.8 Å². The lowest BCUT2D eigenvalue weighted by atomic mass is 9.56. The molecule has 0 bridgehead atoms. The summed E-state index contributed by atoms with van der Waals surface area (Å²) in [5.74, 6) is 0. The highest BCUT2D eigenvalue weighted by Gasteiger charge is 2.52. The Morgan fingerprint density at radius 1 is 1.00 bits per heavy atom. The molecule has 3 nitrogen and oxygen atoms in total. The van der Waals surface area contributed by atoms with Crippen LogP contribution in [0.2, 0.25) is 0 Å². The van der Waals surface area contributed by atoms with E-state index >= 15 is 0 Å². The molecule has 0 unspecified atom stereocenters. The highest BCUT2D eigenvalue weighted by atomic mass is 16.3. The van der Waals surface area contributed by atoms with Crippen molar-refractivity contribution in [3.63, 3.8) is 0 Å². The Balaban J connectivity index is 2.04. The third-order valence-electron chi connectivity index (χ3n) is 6.16. The molecule has 2 aliphatic rings. The van der Waals surface area contributed by atoms with Crippen molar-refractivity contribution in [2.45, 2.75) is 71.3 Å². The van der Waals surface area contributed by atoms with E-state index in [4.69, 9.17) is 5.73 Å². The SMILES string of the molecule is CCCN1CCC(O)(C2(CN)CCC(C)(C)CC2)CC1. The van der Waals surface area contributed by atoms with Gasteiger partial charge in [0, 0.05) is 25.0 Å². The maximum atomic E-state index is 11.3. The molecule has 0 aromatic carbocycles. The number of aliphatic hydroxyl groups is 1. The van der Waals surface area contributed by atoms with E-state index in [0.29, 0.717) is 12.0 Å². The third-order valence-corrected chi connectivity index (χ3v) is 6.16. The van der Waals surface area contributed by atoms with Crippen LogP contribution in [-0.2, 0) is 0 Å². The summed E-state index contributed by atoms with van der Waals surface area (Å²) in [6.07, 6.45) is 7.61. The Morgan fingerprint density at radius 2 is 1.55 bits per heavy atom. The monoisotopic (exact) mass is 282 g/mol. The number of likely N-dealkylation sites (tertiary alicyclic amines) is 1. The molecular weight excluding hydrogens is 248 g/mol. The Bertz CT molecular complexity index is 309. The van der Waals surface area contributed by atoms with Gasteiger partial charge in [0.1, 0.15) is 0 Å². The van der Waals surface area contributed by atoms with Crippen LogP contribution in [0.3, 0.4) is 0 Å². The number of rotatable bonds is 4. The van der Waals surface area contributed by atoms with Gasteiger partial charge in [-0.1, -0.05) is 20.8 Å². The summed E-state index contributed by atoms with van der Waals surface area (Å²) in [7, 11) is 0. The first-order valence-corrected chi connectivity index (χ1v) is 8.51. The van der Waals surface area contributed by atoms with E-state index in [2.05, 4.69) is 25.7 Å². The Morgan fingerprint density at radius 3 is 2.00 bits per heavy atom. The molecular formula is C17H34N2O. The van der Waals surface area contributed by atoms with Gasteiger partial charge in [-0.25, -0.2) is 0 Å². The number of piperidine rings is 1. The van der Waals surface area contributed by atoms with E-state index in [1.165, 1.54) is 25.8 Å². The minimum atomic E-state index is -0.525. The summed E-state index contributed by atoms with van der Waals surface area (Å²) >= 11 is 0. The van der Waals surface area contributed by atoms with Gasteiger partial charge in [0.05, 0.1) is 5.60 Å². The summed E-state index contributed by atoms with van der Waals surface area (Å²) < 4.78 is 0. The smallest absolute Gasteiger partial charge is 0.0740 e. The van der Waals surface area contributed by atoms with Crippen LogP contribution in [-0.4, -0.2) is 41.8 Å². The minimum absolute atomic E-state index is 0.0270. The Kier molecular flexibility index (Phi) is 4.83. The molecule has 0 atom stereocenters. The second kappa shape index (κ2) is 5.94. The molecule has 20 heavy (non-hydrogen) atoms. The van der Waals surface area contributed by atoms with Gasteiger partial charge in [-0.3, -0.25) is 0 Å². The third kappa shape index (κ3) is 3.05. The van der Waals surface area contributed by atoms with Crippen molar-refractivity contribution in [3.05, 3.63) is 0 Å². The molecule has 0 amide bonds. The summed E-state index contributed by atoms with van der Waals surface area (Å²) in [5, 5.41) is 11.3. The molecule has 0 radical (unpaired) electrons. The van der Waals surface area contributed by atoms with Gasteiger partial charge in [0.2, 0.25) is 0 Å². The molecule has 0 spiro atoms. The van der Waals surface area contributed by atoms with E-state index in [0.717, 1.165) is 38.8 Å². The number of nitrogens with zero attached hydrogens (tertiary/aromatic N) is 1. The maximum absolute atomic E-state index is 11.3. The van der Waals surface area contributed by atoms with E-state index in [9.17, 15) is 5.11 Å². The van der Waals surface area contributed by atoms with Crippen molar-refractivity contribution in [1.82, 2.24) is 4.90 Å². The predicted molar refractivity (Wildman–Crippen MR) is 84.7 cm³/mol. The molecule has 1 saturated heterocycles. The second-order valence-corrected chi connectivity index (χ2v) is 8.02. The Hall–Kier alpha value is -0.120. The predicted octanol–water partition coefficient (Wildman–Crippen LogP) is 2.77. The van der Waals surface area contributed by atoms with Crippen molar-refractivity contribution in [2.75, 3.05) is 26.2 Å². The number of hydrogen-bond acceptors (Lipinski definition) is 3. The fourth-order valence-electron chi connectivity index (χ4n) is 4.26. The first-order valence-electron chi connectivity index (χ1n) is 8.51. The van der Waals surface area contributed by atoms with Crippen LogP contribution in [0.25, 0.3) is 0 Å². The van der Waals surface area contributed by atoms with Crippen molar-refractivity contribution in [1.29, 1.82) is 0 Å². The fourth-order valence-corrected chi connectivity index (χ4v) is 4.26. The van der Waals surface area contributed by atoms with Crippen molar-refractivity contribution in [3.8, 4) is 0 Å². The largest absolute Gasteiger partial charge is 0.389 e. The van der Waals surface area contributed by atoms with Gasteiger partial charge in [0.15, 0.2) is 0 Å². The number of hydrogen-bond donors (Lipinski definition) is 2. The molecule has 3 N–H and O–H groups in total. The van der Waals surface area contributed by atoms with E-state index in [1.54, 1.807) is 0 Å². The first-order chi connectivity index (χ1) is 9.36. The minimum Gasteiger partial charge on any atom is -0.389 e.